The van der Waals surface area contributed by atoms with E-state index in [1.54, 1.807) is 30.7 Å². The lowest BCUT2D eigenvalue weighted by Gasteiger charge is -2.06. The Labute approximate surface area is 121 Å². The largest absolute Gasteiger partial charge is 0.366 e. The van der Waals surface area contributed by atoms with Crippen molar-refractivity contribution in [3.63, 3.8) is 0 Å². The summed E-state index contributed by atoms with van der Waals surface area (Å²) in [6, 6.07) is 7.48. The van der Waals surface area contributed by atoms with E-state index in [-0.39, 0.29) is 0 Å². The molecule has 0 atom stereocenters. The average molecular weight is 282 g/mol. The predicted octanol–water partition coefficient (Wildman–Crippen LogP) is 2.52. The standard InChI is InChI=1S/C14H14N6O/c1-10-8-13(20-21-10)19-14-16-7-4-12(18-14)17-9-11-2-5-15-6-3-11/h2-8H,9H2,1H3,(H2,16,17,18,19,20). The van der Waals surface area contributed by atoms with Crippen LogP contribution in [0.5, 0.6) is 0 Å². The van der Waals surface area contributed by atoms with Crippen molar-refractivity contribution in [2.24, 2.45) is 0 Å². The molecule has 0 unspecified atom stereocenters. The monoisotopic (exact) mass is 282 g/mol. The molecule has 0 aliphatic rings. The van der Waals surface area contributed by atoms with Crippen molar-refractivity contribution in [2.75, 3.05) is 10.6 Å². The van der Waals surface area contributed by atoms with Gasteiger partial charge in [0, 0.05) is 31.2 Å². The fourth-order valence-electron chi connectivity index (χ4n) is 1.75. The number of hydrogen-bond acceptors (Lipinski definition) is 7. The van der Waals surface area contributed by atoms with Crippen LogP contribution in [0.1, 0.15) is 11.3 Å². The summed E-state index contributed by atoms with van der Waals surface area (Å²) < 4.78 is 4.98. The minimum absolute atomic E-state index is 0.461. The van der Waals surface area contributed by atoms with Gasteiger partial charge in [0.25, 0.3) is 0 Å². The molecule has 0 spiro atoms. The minimum Gasteiger partial charge on any atom is -0.366 e. The van der Waals surface area contributed by atoms with Gasteiger partial charge in [-0.1, -0.05) is 5.16 Å². The molecule has 0 amide bonds. The van der Waals surface area contributed by atoms with E-state index in [0.29, 0.717) is 18.3 Å². The highest BCUT2D eigenvalue weighted by atomic mass is 16.5. The van der Waals surface area contributed by atoms with Crippen molar-refractivity contribution in [1.82, 2.24) is 20.1 Å². The molecule has 3 aromatic rings. The van der Waals surface area contributed by atoms with Gasteiger partial charge in [-0.2, -0.15) is 4.98 Å². The first-order chi connectivity index (χ1) is 10.3. The number of pyridine rings is 1. The molecule has 21 heavy (non-hydrogen) atoms. The number of anilines is 3. The molecule has 0 radical (unpaired) electrons. The number of aryl methyl sites for hydroxylation is 1. The summed E-state index contributed by atoms with van der Waals surface area (Å²) in [7, 11) is 0. The van der Waals surface area contributed by atoms with E-state index < -0.39 is 0 Å². The molecule has 7 heteroatoms. The quantitative estimate of drug-likeness (QED) is 0.743. The zero-order valence-corrected chi connectivity index (χ0v) is 11.4. The maximum atomic E-state index is 4.98. The van der Waals surface area contributed by atoms with Crippen LogP contribution < -0.4 is 10.6 Å². The Morgan fingerprint density at radius 3 is 2.71 bits per heavy atom. The first kappa shape index (κ1) is 13.0. The van der Waals surface area contributed by atoms with E-state index in [1.807, 2.05) is 19.1 Å². The van der Waals surface area contributed by atoms with Crippen molar-refractivity contribution in [3.8, 4) is 0 Å². The van der Waals surface area contributed by atoms with E-state index in [1.165, 1.54) is 0 Å². The fourth-order valence-corrected chi connectivity index (χ4v) is 1.75. The molecule has 0 saturated carbocycles. The summed E-state index contributed by atoms with van der Waals surface area (Å²) in [5.41, 5.74) is 1.13. The zero-order valence-electron chi connectivity index (χ0n) is 11.4. The lowest BCUT2D eigenvalue weighted by atomic mass is 10.3. The SMILES string of the molecule is Cc1cc(Nc2nccc(NCc3ccncc3)n2)no1. The van der Waals surface area contributed by atoms with E-state index in [4.69, 9.17) is 4.52 Å². The van der Waals surface area contributed by atoms with Crippen LogP contribution in [-0.4, -0.2) is 20.1 Å². The minimum atomic E-state index is 0.461. The summed E-state index contributed by atoms with van der Waals surface area (Å²) in [5, 5.41) is 10.1. The summed E-state index contributed by atoms with van der Waals surface area (Å²) in [6.45, 7) is 2.49. The molecule has 0 bridgehead atoms. The number of rotatable bonds is 5. The molecular formula is C14H14N6O. The molecule has 0 aromatic carbocycles. The Morgan fingerprint density at radius 2 is 1.95 bits per heavy atom. The van der Waals surface area contributed by atoms with Crippen molar-refractivity contribution in [3.05, 3.63) is 54.2 Å². The average Bonchev–Trinajstić information content (AvgIpc) is 2.92. The molecule has 3 aromatic heterocycles. The first-order valence-electron chi connectivity index (χ1n) is 6.46. The molecule has 0 fully saturated rings. The maximum absolute atomic E-state index is 4.98. The lowest BCUT2D eigenvalue weighted by molar-refractivity contribution is 0.400. The van der Waals surface area contributed by atoms with E-state index in [2.05, 4.69) is 30.7 Å². The fraction of sp³-hybridized carbons (Fsp3) is 0.143. The van der Waals surface area contributed by atoms with Gasteiger partial charge in [-0.15, -0.1) is 0 Å². The second kappa shape index (κ2) is 6.00. The molecule has 7 nitrogen and oxygen atoms in total. The van der Waals surface area contributed by atoms with E-state index in [9.17, 15) is 0 Å². The number of hydrogen-bond donors (Lipinski definition) is 2. The Hall–Kier alpha value is -2.96. The van der Waals surface area contributed by atoms with Crippen molar-refractivity contribution >= 4 is 17.6 Å². The smallest absolute Gasteiger partial charge is 0.230 e. The van der Waals surface area contributed by atoms with Gasteiger partial charge in [0.2, 0.25) is 5.95 Å². The van der Waals surface area contributed by atoms with Crippen LogP contribution in [0.3, 0.4) is 0 Å². The summed E-state index contributed by atoms with van der Waals surface area (Å²) in [4.78, 5) is 12.5. The van der Waals surface area contributed by atoms with Gasteiger partial charge in [0.1, 0.15) is 11.6 Å². The summed E-state index contributed by atoms with van der Waals surface area (Å²) in [5.74, 6) is 2.50. The summed E-state index contributed by atoms with van der Waals surface area (Å²) in [6.07, 6.45) is 5.20. The van der Waals surface area contributed by atoms with Gasteiger partial charge >= 0.3 is 0 Å². The van der Waals surface area contributed by atoms with Crippen LogP contribution in [0.2, 0.25) is 0 Å². The van der Waals surface area contributed by atoms with Gasteiger partial charge in [-0.05, 0) is 30.7 Å². The van der Waals surface area contributed by atoms with Crippen LogP contribution in [0, 0.1) is 6.92 Å². The molecule has 0 saturated heterocycles. The Morgan fingerprint density at radius 1 is 1.10 bits per heavy atom. The van der Waals surface area contributed by atoms with Crippen LogP contribution >= 0.6 is 0 Å². The number of nitrogens with zero attached hydrogens (tertiary/aromatic N) is 4. The number of nitrogens with one attached hydrogen (secondary N) is 2. The van der Waals surface area contributed by atoms with Crippen LogP contribution in [0.25, 0.3) is 0 Å². The van der Waals surface area contributed by atoms with Crippen molar-refractivity contribution in [2.45, 2.75) is 13.5 Å². The van der Waals surface area contributed by atoms with Crippen LogP contribution in [-0.2, 0) is 6.54 Å². The predicted molar refractivity (Wildman–Crippen MR) is 78.1 cm³/mol. The Bertz CT molecular complexity index is 712. The van der Waals surface area contributed by atoms with Gasteiger partial charge in [0.05, 0.1) is 0 Å². The second-order valence-electron chi connectivity index (χ2n) is 4.42. The molecule has 106 valence electrons. The lowest BCUT2D eigenvalue weighted by Crippen LogP contribution is -2.04. The highest BCUT2D eigenvalue weighted by Crippen LogP contribution is 2.14. The maximum Gasteiger partial charge on any atom is 0.230 e. The zero-order chi connectivity index (χ0) is 14.5. The molecule has 0 aliphatic carbocycles. The summed E-state index contributed by atoms with van der Waals surface area (Å²) >= 11 is 0. The van der Waals surface area contributed by atoms with Crippen molar-refractivity contribution < 1.29 is 4.52 Å². The Balaban J connectivity index is 1.65. The topological polar surface area (TPSA) is 88.8 Å². The van der Waals surface area contributed by atoms with Gasteiger partial charge in [-0.3, -0.25) is 4.98 Å². The highest BCUT2D eigenvalue weighted by Gasteiger charge is 2.03. The molecule has 2 N–H and O–H groups in total. The normalized spacial score (nSPS) is 10.3. The molecule has 0 aliphatic heterocycles. The van der Waals surface area contributed by atoms with Crippen molar-refractivity contribution in [1.29, 1.82) is 0 Å². The van der Waals surface area contributed by atoms with Gasteiger partial charge in [0.15, 0.2) is 5.82 Å². The third-order valence-corrected chi connectivity index (χ3v) is 2.75. The highest BCUT2D eigenvalue weighted by molar-refractivity contribution is 5.49. The first-order valence-corrected chi connectivity index (χ1v) is 6.46. The third-order valence-electron chi connectivity index (χ3n) is 2.75. The molecule has 3 rings (SSSR count). The third kappa shape index (κ3) is 3.53. The second-order valence-corrected chi connectivity index (χ2v) is 4.42. The van der Waals surface area contributed by atoms with Crippen LogP contribution in [0.15, 0.2) is 47.4 Å². The molecule has 3 heterocycles. The number of aromatic nitrogens is 4. The van der Waals surface area contributed by atoms with Crippen LogP contribution in [0.4, 0.5) is 17.6 Å². The van der Waals surface area contributed by atoms with E-state index >= 15 is 0 Å². The molecular weight excluding hydrogens is 268 g/mol. The van der Waals surface area contributed by atoms with Gasteiger partial charge in [-0.25, -0.2) is 4.98 Å². The van der Waals surface area contributed by atoms with Gasteiger partial charge < -0.3 is 15.2 Å². The Kier molecular flexibility index (Phi) is 3.72. The van der Waals surface area contributed by atoms with E-state index in [0.717, 1.165) is 17.1 Å².